The first-order valence-electron chi connectivity index (χ1n) is 3.59. The zero-order valence-electron chi connectivity index (χ0n) is 7.09. The van der Waals surface area contributed by atoms with Crippen LogP contribution in [0.15, 0.2) is 10.8 Å². The van der Waals surface area contributed by atoms with Gasteiger partial charge in [0.15, 0.2) is 6.39 Å². The molecule has 1 aromatic rings. The summed E-state index contributed by atoms with van der Waals surface area (Å²) in [7, 11) is 0. The highest BCUT2D eigenvalue weighted by Crippen LogP contribution is 2.24. The van der Waals surface area contributed by atoms with Crippen LogP contribution in [0, 0.1) is 0 Å². The molecule has 0 amide bonds. The molecule has 1 N–H and O–H groups in total. The monoisotopic (exact) mass is 155 g/mol. The van der Waals surface area contributed by atoms with Crippen molar-refractivity contribution in [3.05, 3.63) is 17.8 Å². The molecule has 0 saturated carbocycles. The molecular weight excluding hydrogens is 142 g/mol. The Morgan fingerprint density at radius 1 is 1.55 bits per heavy atom. The maximum Gasteiger partial charge on any atom is 0.181 e. The first kappa shape index (κ1) is 8.27. The van der Waals surface area contributed by atoms with E-state index >= 15 is 0 Å². The van der Waals surface area contributed by atoms with Crippen LogP contribution in [0.1, 0.15) is 32.2 Å². The van der Waals surface area contributed by atoms with Crippen LogP contribution in [0.25, 0.3) is 0 Å². The Kier molecular flexibility index (Phi) is 2.00. The quantitative estimate of drug-likeness (QED) is 0.667. The largest absolute Gasteiger partial charge is 0.448 e. The van der Waals surface area contributed by atoms with Crippen molar-refractivity contribution in [3.63, 3.8) is 0 Å². The van der Waals surface area contributed by atoms with E-state index in [2.05, 4.69) is 4.98 Å². The molecule has 1 aromatic heterocycles. The summed E-state index contributed by atoms with van der Waals surface area (Å²) in [5.41, 5.74) is 0.562. The third-order valence-electron chi connectivity index (χ3n) is 1.47. The molecule has 0 aliphatic carbocycles. The van der Waals surface area contributed by atoms with Crippen LogP contribution >= 0.6 is 0 Å². The molecule has 1 heterocycles. The molecule has 0 unspecified atom stereocenters. The second-order valence-corrected chi connectivity index (χ2v) is 3.54. The van der Waals surface area contributed by atoms with Crippen LogP contribution < -0.4 is 0 Å². The van der Waals surface area contributed by atoms with Gasteiger partial charge in [0.05, 0.1) is 6.61 Å². The highest BCUT2D eigenvalue weighted by molar-refractivity contribution is 5.14. The molecular formula is C8H13NO2. The molecule has 0 spiro atoms. The highest BCUT2D eigenvalue weighted by Gasteiger charge is 2.21. The fourth-order valence-corrected chi connectivity index (χ4v) is 0.992. The van der Waals surface area contributed by atoms with Crippen molar-refractivity contribution in [1.29, 1.82) is 0 Å². The Morgan fingerprint density at radius 2 is 2.18 bits per heavy atom. The van der Waals surface area contributed by atoms with Crippen LogP contribution in [0.3, 0.4) is 0 Å². The number of aliphatic hydroxyl groups is 1. The van der Waals surface area contributed by atoms with E-state index in [1.807, 2.05) is 20.8 Å². The summed E-state index contributed by atoms with van der Waals surface area (Å²) in [5.74, 6) is 0.764. The predicted molar refractivity (Wildman–Crippen MR) is 41.1 cm³/mol. The standard InChI is InChI=1S/C8H13NO2/c1-8(2,3)7-6(4-10)9-5-11-7/h5,10H,4H2,1-3H3. The minimum absolute atomic E-state index is 0.0525. The number of nitrogens with zero attached hydrogens (tertiary/aromatic N) is 1. The molecule has 3 heteroatoms. The Labute approximate surface area is 66.1 Å². The predicted octanol–water partition coefficient (Wildman–Crippen LogP) is 1.46. The van der Waals surface area contributed by atoms with Crippen LogP contribution in [0.2, 0.25) is 0 Å². The van der Waals surface area contributed by atoms with E-state index < -0.39 is 0 Å². The van der Waals surface area contributed by atoms with E-state index in [0.717, 1.165) is 5.76 Å². The Morgan fingerprint density at radius 3 is 2.55 bits per heavy atom. The summed E-state index contributed by atoms with van der Waals surface area (Å²) in [6, 6.07) is 0. The van der Waals surface area contributed by atoms with Crippen molar-refractivity contribution >= 4 is 0 Å². The van der Waals surface area contributed by atoms with Crippen molar-refractivity contribution in [2.75, 3.05) is 0 Å². The summed E-state index contributed by atoms with van der Waals surface area (Å²) >= 11 is 0. The highest BCUT2D eigenvalue weighted by atomic mass is 16.3. The summed E-state index contributed by atoms with van der Waals surface area (Å²) in [6.07, 6.45) is 1.37. The molecule has 0 fully saturated rings. The molecule has 11 heavy (non-hydrogen) atoms. The van der Waals surface area contributed by atoms with Gasteiger partial charge >= 0.3 is 0 Å². The number of oxazole rings is 1. The van der Waals surface area contributed by atoms with Crippen molar-refractivity contribution in [2.24, 2.45) is 0 Å². The summed E-state index contributed by atoms with van der Waals surface area (Å²) in [4.78, 5) is 3.88. The lowest BCUT2D eigenvalue weighted by atomic mass is 9.92. The molecule has 0 aliphatic heterocycles. The Balaban J connectivity index is 3.02. The van der Waals surface area contributed by atoms with E-state index in [9.17, 15) is 0 Å². The van der Waals surface area contributed by atoms with Crippen molar-refractivity contribution in [3.8, 4) is 0 Å². The molecule has 0 atom stereocenters. The zero-order valence-corrected chi connectivity index (χ0v) is 7.09. The van der Waals surface area contributed by atoms with E-state index in [-0.39, 0.29) is 12.0 Å². The van der Waals surface area contributed by atoms with Gasteiger partial charge in [-0.15, -0.1) is 0 Å². The third-order valence-corrected chi connectivity index (χ3v) is 1.47. The Hall–Kier alpha value is -0.830. The van der Waals surface area contributed by atoms with Crippen LogP contribution in [0.4, 0.5) is 0 Å². The summed E-state index contributed by atoms with van der Waals surface area (Å²) in [5, 5.41) is 8.85. The number of hydrogen-bond acceptors (Lipinski definition) is 3. The normalized spacial score (nSPS) is 12.0. The van der Waals surface area contributed by atoms with Gasteiger partial charge in [-0.3, -0.25) is 0 Å². The van der Waals surface area contributed by atoms with Gasteiger partial charge in [-0.2, -0.15) is 0 Å². The molecule has 1 rings (SSSR count). The first-order chi connectivity index (χ1) is 5.05. The minimum Gasteiger partial charge on any atom is -0.448 e. The van der Waals surface area contributed by atoms with Gasteiger partial charge in [0, 0.05) is 5.41 Å². The van der Waals surface area contributed by atoms with Gasteiger partial charge in [-0.05, 0) is 0 Å². The third kappa shape index (κ3) is 1.60. The lowest BCUT2D eigenvalue weighted by Gasteiger charge is -2.15. The average Bonchev–Trinajstić information content (AvgIpc) is 2.31. The molecule has 0 bridgehead atoms. The fraction of sp³-hybridized carbons (Fsp3) is 0.625. The SMILES string of the molecule is CC(C)(C)c1ocnc1CO. The lowest BCUT2D eigenvalue weighted by Crippen LogP contribution is -2.12. The van der Waals surface area contributed by atoms with Gasteiger partial charge in [0.1, 0.15) is 11.5 Å². The molecule has 62 valence electrons. The summed E-state index contributed by atoms with van der Waals surface area (Å²) < 4.78 is 5.15. The van der Waals surface area contributed by atoms with E-state index in [4.69, 9.17) is 9.52 Å². The maximum atomic E-state index is 8.85. The van der Waals surface area contributed by atoms with Gasteiger partial charge in [-0.25, -0.2) is 4.98 Å². The topological polar surface area (TPSA) is 46.3 Å². The van der Waals surface area contributed by atoms with Crippen molar-refractivity contribution < 1.29 is 9.52 Å². The van der Waals surface area contributed by atoms with Crippen LogP contribution in [-0.4, -0.2) is 10.1 Å². The number of hydrogen-bond donors (Lipinski definition) is 1. The zero-order chi connectivity index (χ0) is 8.48. The molecule has 0 aliphatic rings. The minimum atomic E-state index is -0.0748. The maximum absolute atomic E-state index is 8.85. The van der Waals surface area contributed by atoms with Crippen molar-refractivity contribution in [2.45, 2.75) is 32.8 Å². The molecule has 0 aromatic carbocycles. The first-order valence-corrected chi connectivity index (χ1v) is 3.59. The average molecular weight is 155 g/mol. The van der Waals surface area contributed by atoms with Crippen molar-refractivity contribution in [1.82, 2.24) is 4.98 Å². The van der Waals surface area contributed by atoms with Crippen LogP contribution in [0.5, 0.6) is 0 Å². The fourth-order valence-electron chi connectivity index (χ4n) is 0.992. The number of aromatic nitrogens is 1. The number of aliphatic hydroxyl groups excluding tert-OH is 1. The summed E-state index contributed by atoms with van der Waals surface area (Å²) in [6.45, 7) is 6.01. The van der Waals surface area contributed by atoms with Gasteiger partial charge in [-0.1, -0.05) is 20.8 Å². The van der Waals surface area contributed by atoms with Gasteiger partial charge < -0.3 is 9.52 Å². The molecule has 0 saturated heterocycles. The van der Waals surface area contributed by atoms with Crippen LogP contribution in [-0.2, 0) is 12.0 Å². The number of rotatable bonds is 1. The second kappa shape index (κ2) is 2.66. The van der Waals surface area contributed by atoms with E-state index in [1.165, 1.54) is 6.39 Å². The Bertz CT molecular complexity index is 234. The van der Waals surface area contributed by atoms with E-state index in [0.29, 0.717) is 5.69 Å². The lowest BCUT2D eigenvalue weighted by molar-refractivity contribution is 0.269. The molecule has 3 nitrogen and oxygen atoms in total. The van der Waals surface area contributed by atoms with Gasteiger partial charge in [0.2, 0.25) is 0 Å². The van der Waals surface area contributed by atoms with E-state index in [1.54, 1.807) is 0 Å². The second-order valence-electron chi connectivity index (χ2n) is 3.54. The smallest absolute Gasteiger partial charge is 0.181 e. The molecule has 0 radical (unpaired) electrons. The van der Waals surface area contributed by atoms with Gasteiger partial charge in [0.25, 0.3) is 0 Å².